The summed E-state index contributed by atoms with van der Waals surface area (Å²) in [5, 5.41) is 8.36. The van der Waals surface area contributed by atoms with Gasteiger partial charge in [-0.3, -0.25) is 9.69 Å². The van der Waals surface area contributed by atoms with Gasteiger partial charge in [-0.15, -0.1) is 42.3 Å². The number of esters is 1. The maximum absolute atomic E-state index is 12.5. The predicted molar refractivity (Wildman–Crippen MR) is 185 cm³/mol. The van der Waals surface area contributed by atoms with E-state index in [4.69, 9.17) is 16.3 Å². The van der Waals surface area contributed by atoms with Crippen molar-refractivity contribution in [2.75, 3.05) is 51.2 Å². The molecule has 0 atom stereocenters. The van der Waals surface area contributed by atoms with Crippen molar-refractivity contribution in [2.24, 2.45) is 0 Å². The average molecular weight is 685 g/mol. The van der Waals surface area contributed by atoms with Crippen LogP contribution in [0.5, 0.6) is 0 Å². The zero-order chi connectivity index (χ0) is 28.8. The van der Waals surface area contributed by atoms with Crippen LogP contribution in [0, 0.1) is 0 Å². The molecule has 3 heterocycles. The number of piperazine rings is 1. The zero-order valence-electron chi connectivity index (χ0n) is 25.3. The monoisotopic (exact) mass is 682 g/mol. The van der Waals surface area contributed by atoms with Gasteiger partial charge in [-0.25, -0.2) is 9.50 Å². The van der Waals surface area contributed by atoms with Crippen molar-refractivity contribution in [1.29, 1.82) is 0 Å². The molecule has 1 fully saturated rings. The number of nitrogens with one attached hydrogen (secondary N) is 1. The molecule has 2 aromatic carbocycles. The molecule has 2 aromatic heterocycles. The minimum Gasteiger partial charge on any atom is -0.465 e. The Morgan fingerprint density at radius 2 is 1.52 bits per heavy atom. The second-order valence-electron chi connectivity index (χ2n) is 11.0. The van der Waals surface area contributed by atoms with Crippen LogP contribution in [0.2, 0.25) is 5.15 Å². The Labute approximate surface area is 283 Å². The van der Waals surface area contributed by atoms with E-state index >= 15 is 0 Å². The highest BCUT2D eigenvalue weighted by molar-refractivity contribution is 6.30. The lowest BCUT2D eigenvalue weighted by Crippen LogP contribution is -2.48. The summed E-state index contributed by atoms with van der Waals surface area (Å²) in [5.41, 5.74) is 2.77. The number of hydrogen-bond acceptors (Lipinski definition) is 7. The normalized spacial score (nSPS) is 13.9. The number of nitrogens with zero attached hydrogens (tertiary/aromatic N) is 5. The fourth-order valence-corrected chi connectivity index (χ4v) is 5.86. The molecule has 0 spiro atoms. The molecule has 0 saturated carbocycles. The molecule has 5 rings (SSSR count). The van der Waals surface area contributed by atoms with E-state index in [1.54, 1.807) is 25.3 Å². The summed E-state index contributed by atoms with van der Waals surface area (Å²) in [7, 11) is 0. The molecule has 8 nitrogen and oxygen atoms in total. The predicted octanol–water partition coefficient (Wildman–Crippen LogP) is 6.70. The molecular formula is C32H42Cl4N6O2. The van der Waals surface area contributed by atoms with Gasteiger partial charge in [-0.05, 0) is 57.0 Å². The van der Waals surface area contributed by atoms with E-state index in [0.29, 0.717) is 23.1 Å². The molecule has 1 saturated heterocycles. The maximum Gasteiger partial charge on any atom is 0.317 e. The highest BCUT2D eigenvalue weighted by Gasteiger charge is 2.37. The van der Waals surface area contributed by atoms with Gasteiger partial charge in [0.05, 0.1) is 18.3 Å². The number of fused-ring (bicyclic) bond motifs is 1. The van der Waals surface area contributed by atoms with E-state index in [1.165, 1.54) is 11.1 Å². The highest BCUT2D eigenvalue weighted by atomic mass is 35.5. The molecule has 1 aliphatic heterocycles. The molecule has 0 unspecified atom stereocenters. The van der Waals surface area contributed by atoms with Crippen molar-refractivity contribution < 1.29 is 9.53 Å². The first-order chi connectivity index (χ1) is 19.9. The first-order valence-corrected chi connectivity index (χ1v) is 14.8. The van der Waals surface area contributed by atoms with Crippen LogP contribution in [0.25, 0.3) is 5.65 Å². The van der Waals surface area contributed by atoms with Gasteiger partial charge < -0.3 is 15.0 Å². The van der Waals surface area contributed by atoms with E-state index in [9.17, 15) is 4.79 Å². The fourth-order valence-electron chi connectivity index (χ4n) is 5.46. The summed E-state index contributed by atoms with van der Waals surface area (Å²) in [6.07, 6.45) is 0.999. The largest absolute Gasteiger partial charge is 0.465 e. The minimum atomic E-state index is -0.972. The van der Waals surface area contributed by atoms with Crippen molar-refractivity contribution in [3.63, 3.8) is 0 Å². The van der Waals surface area contributed by atoms with Gasteiger partial charge in [0.2, 0.25) is 0 Å². The van der Waals surface area contributed by atoms with Gasteiger partial charge >= 0.3 is 5.97 Å². The van der Waals surface area contributed by atoms with Crippen LogP contribution >= 0.6 is 48.8 Å². The summed E-state index contributed by atoms with van der Waals surface area (Å²) in [5.74, 6) is 0.357. The van der Waals surface area contributed by atoms with E-state index in [0.717, 1.165) is 51.5 Å². The number of ether oxygens (including phenoxy) is 1. The van der Waals surface area contributed by atoms with Gasteiger partial charge in [-0.1, -0.05) is 72.3 Å². The van der Waals surface area contributed by atoms with Gasteiger partial charge in [0.25, 0.3) is 0 Å². The van der Waals surface area contributed by atoms with E-state index in [-0.39, 0.29) is 49.2 Å². The summed E-state index contributed by atoms with van der Waals surface area (Å²) < 4.78 is 6.80. The van der Waals surface area contributed by atoms with Crippen molar-refractivity contribution in [3.8, 4) is 0 Å². The Balaban J connectivity index is 0.00000225. The second kappa shape index (κ2) is 17.2. The molecule has 1 N–H and O–H groups in total. The highest BCUT2D eigenvalue weighted by Crippen LogP contribution is 2.32. The van der Waals surface area contributed by atoms with E-state index in [1.807, 2.05) is 12.1 Å². The van der Waals surface area contributed by atoms with Crippen LogP contribution in [-0.4, -0.2) is 76.2 Å². The van der Waals surface area contributed by atoms with Crippen LogP contribution in [0.15, 0.2) is 72.8 Å². The topological polar surface area (TPSA) is 75.0 Å². The Morgan fingerprint density at radius 1 is 0.932 bits per heavy atom. The number of aromatic nitrogens is 3. The third-order valence-electron chi connectivity index (χ3n) is 7.76. The number of hydrogen-bond donors (Lipinski definition) is 1. The van der Waals surface area contributed by atoms with Gasteiger partial charge in [0.1, 0.15) is 11.2 Å². The SMILES string of the molecule is CCOC(=O)C(C)(C)c1nc2ccc(NCCCN3CCN(C(c4ccccc4)c4ccccc4)CC3)nn2c1Cl.Cl.Cl.Cl. The Hall–Kier alpha value is -2.59. The summed E-state index contributed by atoms with van der Waals surface area (Å²) in [6, 6.07) is 25.7. The number of anilines is 1. The molecule has 0 amide bonds. The lowest BCUT2D eigenvalue weighted by molar-refractivity contribution is -0.148. The van der Waals surface area contributed by atoms with Crippen LogP contribution < -0.4 is 5.32 Å². The fraction of sp³-hybridized carbons (Fsp3) is 0.406. The Kier molecular flexibility index (Phi) is 14.7. The molecule has 0 bridgehead atoms. The molecule has 1 aliphatic rings. The molecule has 240 valence electrons. The number of imidazole rings is 1. The van der Waals surface area contributed by atoms with E-state index in [2.05, 4.69) is 85.9 Å². The molecule has 12 heteroatoms. The lowest BCUT2D eigenvalue weighted by atomic mass is 9.90. The van der Waals surface area contributed by atoms with Crippen molar-refractivity contribution in [1.82, 2.24) is 24.4 Å². The molecule has 44 heavy (non-hydrogen) atoms. The van der Waals surface area contributed by atoms with Gasteiger partial charge in [0.15, 0.2) is 10.8 Å². The third kappa shape index (κ3) is 8.56. The second-order valence-corrected chi connectivity index (χ2v) is 11.3. The van der Waals surface area contributed by atoms with Crippen molar-refractivity contribution in [2.45, 2.75) is 38.6 Å². The van der Waals surface area contributed by atoms with Crippen LogP contribution in [-0.2, 0) is 14.9 Å². The van der Waals surface area contributed by atoms with Crippen LogP contribution in [0.3, 0.4) is 0 Å². The zero-order valence-corrected chi connectivity index (χ0v) is 28.5. The van der Waals surface area contributed by atoms with Crippen molar-refractivity contribution >= 4 is 66.3 Å². The Morgan fingerprint density at radius 3 is 2.09 bits per heavy atom. The number of carbonyl (C=O) groups is 1. The van der Waals surface area contributed by atoms with Crippen LogP contribution in [0.1, 0.15) is 50.1 Å². The number of carbonyl (C=O) groups excluding carboxylic acids is 1. The maximum atomic E-state index is 12.5. The summed E-state index contributed by atoms with van der Waals surface area (Å²) in [6.45, 7) is 11.6. The lowest BCUT2D eigenvalue weighted by Gasteiger charge is -2.39. The van der Waals surface area contributed by atoms with Gasteiger partial charge in [-0.2, -0.15) is 0 Å². The quantitative estimate of drug-likeness (QED) is 0.139. The van der Waals surface area contributed by atoms with Crippen LogP contribution in [0.4, 0.5) is 5.82 Å². The number of halogens is 4. The van der Waals surface area contributed by atoms with E-state index < -0.39 is 5.41 Å². The molecule has 0 radical (unpaired) electrons. The summed E-state index contributed by atoms with van der Waals surface area (Å²) >= 11 is 6.62. The smallest absolute Gasteiger partial charge is 0.317 e. The number of benzene rings is 2. The Bertz CT molecular complexity index is 1410. The summed E-state index contributed by atoms with van der Waals surface area (Å²) in [4.78, 5) is 22.2. The molecule has 4 aromatic rings. The van der Waals surface area contributed by atoms with Crippen molar-refractivity contribution in [3.05, 3.63) is 94.8 Å². The first-order valence-electron chi connectivity index (χ1n) is 14.4. The molecular weight excluding hydrogens is 642 g/mol. The minimum absolute atomic E-state index is 0. The molecule has 0 aliphatic carbocycles. The first kappa shape index (κ1) is 37.6. The number of rotatable bonds is 11. The standard InChI is InChI=1S/C32H39ClN6O2.3ClH/c1-4-41-31(40)32(2,3)29-30(33)39-27(35-29)17-16-26(36-39)34-18-11-19-37-20-22-38(23-21-37)28(24-12-7-5-8-13-24)25-14-9-6-10-15-25;;;/h5-10,12-17,28H,4,11,18-23H2,1-3H3,(H,34,36);3*1H. The van der Waals surface area contributed by atoms with Gasteiger partial charge in [0, 0.05) is 32.7 Å². The average Bonchev–Trinajstić information content (AvgIpc) is 3.34. The third-order valence-corrected chi connectivity index (χ3v) is 8.10.